The van der Waals surface area contributed by atoms with Crippen LogP contribution in [0.4, 0.5) is 0 Å². The molecule has 0 aliphatic carbocycles. The van der Waals surface area contributed by atoms with Gasteiger partial charge in [-0.2, -0.15) is 0 Å². The maximum Gasteiger partial charge on any atom is 0.142 e. The molecule has 0 bridgehead atoms. The van der Waals surface area contributed by atoms with Crippen LogP contribution < -0.4 is 5.32 Å². The van der Waals surface area contributed by atoms with Gasteiger partial charge in [0.25, 0.3) is 0 Å². The monoisotopic (exact) mass is 207 g/mol. The molecule has 0 amide bonds. The minimum atomic E-state index is -0.837. The summed E-state index contributed by atoms with van der Waals surface area (Å²) in [5.41, 5.74) is 0.204. The molecule has 0 aliphatic rings. The molecule has 0 aliphatic heterocycles. The van der Waals surface area contributed by atoms with Crippen molar-refractivity contribution >= 4 is 6.29 Å². The normalized spacial score (nSPS) is 14.5. The third-order valence-corrected chi connectivity index (χ3v) is 2.40. The van der Waals surface area contributed by atoms with Crippen molar-refractivity contribution in [3.63, 3.8) is 0 Å². The van der Waals surface area contributed by atoms with E-state index in [-0.39, 0.29) is 6.61 Å². The summed E-state index contributed by atoms with van der Waals surface area (Å²) in [5.74, 6) is 0. The lowest BCUT2D eigenvalue weighted by molar-refractivity contribution is -0.114. The first-order chi connectivity index (χ1) is 7.26. The van der Waals surface area contributed by atoms with Crippen molar-refractivity contribution in [2.45, 2.75) is 18.9 Å². The first-order valence-corrected chi connectivity index (χ1v) is 5.12. The molecule has 82 valence electrons. The molecule has 0 aromatic heterocycles. The second kappa shape index (κ2) is 5.63. The highest BCUT2D eigenvalue weighted by Gasteiger charge is 2.27. The summed E-state index contributed by atoms with van der Waals surface area (Å²) in [6.45, 7) is 2.39. The van der Waals surface area contributed by atoms with Crippen molar-refractivity contribution in [3.05, 3.63) is 35.9 Å². The van der Waals surface area contributed by atoms with E-state index in [1.54, 1.807) is 0 Å². The van der Waals surface area contributed by atoms with Crippen LogP contribution in [0.25, 0.3) is 0 Å². The van der Waals surface area contributed by atoms with Gasteiger partial charge in [0.2, 0.25) is 0 Å². The van der Waals surface area contributed by atoms with Gasteiger partial charge in [-0.25, -0.2) is 0 Å². The average Bonchev–Trinajstić information content (AvgIpc) is 2.30. The molecule has 0 heterocycles. The van der Waals surface area contributed by atoms with Crippen molar-refractivity contribution < 1.29 is 9.90 Å². The average molecular weight is 207 g/mol. The number of nitrogens with one attached hydrogen (secondary N) is 1. The van der Waals surface area contributed by atoms with E-state index >= 15 is 0 Å². The van der Waals surface area contributed by atoms with Gasteiger partial charge >= 0.3 is 0 Å². The number of hydrogen-bond acceptors (Lipinski definition) is 3. The molecule has 0 radical (unpaired) electrons. The fraction of sp³-hybridized carbons (Fsp3) is 0.417. The van der Waals surface area contributed by atoms with Crippen LogP contribution in [0.1, 0.15) is 12.5 Å². The maximum atomic E-state index is 11.0. The molecule has 3 nitrogen and oxygen atoms in total. The Morgan fingerprint density at radius 2 is 2.07 bits per heavy atom. The number of benzene rings is 1. The number of aliphatic hydroxyl groups is 1. The fourth-order valence-electron chi connectivity index (χ4n) is 1.61. The number of carbonyl (C=O) groups is 1. The van der Waals surface area contributed by atoms with Crippen molar-refractivity contribution in [1.29, 1.82) is 0 Å². The van der Waals surface area contributed by atoms with Crippen LogP contribution in [-0.4, -0.2) is 30.1 Å². The van der Waals surface area contributed by atoms with E-state index < -0.39 is 5.54 Å². The predicted molar refractivity (Wildman–Crippen MR) is 59.7 cm³/mol. The Hall–Kier alpha value is -1.19. The highest BCUT2D eigenvalue weighted by Crippen LogP contribution is 2.11. The van der Waals surface area contributed by atoms with Gasteiger partial charge in [0.1, 0.15) is 11.8 Å². The number of aliphatic hydroxyl groups excluding tert-OH is 1. The number of hydrogen-bond donors (Lipinski definition) is 2. The third kappa shape index (κ3) is 3.15. The Morgan fingerprint density at radius 3 is 2.53 bits per heavy atom. The molecule has 3 heteroatoms. The molecule has 1 atom stereocenters. The topological polar surface area (TPSA) is 49.3 Å². The zero-order valence-corrected chi connectivity index (χ0v) is 8.94. The van der Waals surface area contributed by atoms with Gasteiger partial charge in [-0.05, 0) is 18.5 Å². The lowest BCUT2D eigenvalue weighted by Gasteiger charge is -2.26. The second-order valence-electron chi connectivity index (χ2n) is 3.62. The van der Waals surface area contributed by atoms with Crippen LogP contribution in [0.5, 0.6) is 0 Å². The van der Waals surface area contributed by atoms with Gasteiger partial charge in [-0.3, -0.25) is 0 Å². The third-order valence-electron chi connectivity index (χ3n) is 2.40. The first-order valence-electron chi connectivity index (χ1n) is 5.12. The Morgan fingerprint density at radius 1 is 1.40 bits per heavy atom. The summed E-state index contributed by atoms with van der Waals surface area (Å²) in [4.78, 5) is 11.0. The van der Waals surface area contributed by atoms with Gasteiger partial charge < -0.3 is 15.2 Å². The van der Waals surface area contributed by atoms with Crippen molar-refractivity contribution in [1.82, 2.24) is 5.32 Å². The van der Waals surface area contributed by atoms with Crippen LogP contribution in [0.2, 0.25) is 0 Å². The molecular weight excluding hydrogens is 190 g/mol. The molecule has 1 aromatic rings. The molecule has 1 aromatic carbocycles. The van der Waals surface area contributed by atoms with E-state index in [0.717, 1.165) is 11.8 Å². The van der Waals surface area contributed by atoms with Crippen LogP contribution in [0.3, 0.4) is 0 Å². The highest BCUT2D eigenvalue weighted by molar-refractivity contribution is 5.65. The van der Waals surface area contributed by atoms with E-state index in [0.29, 0.717) is 13.0 Å². The highest BCUT2D eigenvalue weighted by atomic mass is 16.3. The quantitative estimate of drug-likeness (QED) is 0.677. The number of likely N-dealkylation sites (N-methyl/N-ethyl adjacent to an activating group) is 1. The molecule has 0 saturated carbocycles. The Kier molecular flexibility index (Phi) is 4.46. The standard InChI is InChI=1S/C12H17NO2/c1-2-13-12(9-14,10-15)8-11-6-4-3-5-7-11/h3-7,9,13,15H,2,8,10H2,1H3/t12-/m0/s1. The van der Waals surface area contributed by atoms with E-state index in [9.17, 15) is 9.90 Å². The van der Waals surface area contributed by atoms with Crippen LogP contribution in [-0.2, 0) is 11.2 Å². The van der Waals surface area contributed by atoms with Gasteiger partial charge in [-0.1, -0.05) is 37.3 Å². The molecule has 1 rings (SSSR count). The first kappa shape index (κ1) is 11.9. The summed E-state index contributed by atoms with van der Waals surface area (Å²) >= 11 is 0. The molecule has 0 spiro atoms. The van der Waals surface area contributed by atoms with Crippen LogP contribution in [0.15, 0.2) is 30.3 Å². The Labute approximate surface area is 90.1 Å². The van der Waals surface area contributed by atoms with Crippen molar-refractivity contribution in [2.24, 2.45) is 0 Å². The van der Waals surface area contributed by atoms with Gasteiger partial charge in [0, 0.05) is 0 Å². The summed E-state index contributed by atoms with van der Waals surface area (Å²) in [5, 5.41) is 12.3. The number of rotatable bonds is 6. The fourth-order valence-corrected chi connectivity index (χ4v) is 1.61. The van der Waals surface area contributed by atoms with Crippen molar-refractivity contribution in [3.8, 4) is 0 Å². The van der Waals surface area contributed by atoms with E-state index in [4.69, 9.17) is 0 Å². The molecule has 0 unspecified atom stereocenters. The SMILES string of the molecule is CCN[C@@](C=O)(CO)Cc1ccccc1. The summed E-state index contributed by atoms with van der Waals surface area (Å²) in [6.07, 6.45) is 1.31. The van der Waals surface area contributed by atoms with Gasteiger partial charge in [-0.15, -0.1) is 0 Å². The zero-order chi connectivity index (χ0) is 11.1. The molecule has 0 saturated heterocycles. The van der Waals surface area contributed by atoms with Gasteiger partial charge in [0.05, 0.1) is 6.61 Å². The smallest absolute Gasteiger partial charge is 0.142 e. The predicted octanol–water partition coefficient (Wildman–Crippen LogP) is 0.769. The van der Waals surface area contributed by atoms with E-state index in [2.05, 4.69) is 5.32 Å². The number of aldehydes is 1. The van der Waals surface area contributed by atoms with E-state index in [1.807, 2.05) is 37.3 Å². The van der Waals surface area contributed by atoms with Crippen LogP contribution >= 0.6 is 0 Å². The minimum absolute atomic E-state index is 0.181. The Bertz CT molecular complexity index is 300. The molecule has 2 N–H and O–H groups in total. The zero-order valence-electron chi connectivity index (χ0n) is 8.94. The molecule has 15 heavy (non-hydrogen) atoms. The maximum absolute atomic E-state index is 11.0. The summed E-state index contributed by atoms with van der Waals surface area (Å²) in [6, 6.07) is 9.68. The van der Waals surface area contributed by atoms with Gasteiger partial charge in [0.15, 0.2) is 0 Å². The lowest BCUT2D eigenvalue weighted by Crippen LogP contribution is -2.51. The lowest BCUT2D eigenvalue weighted by atomic mass is 9.93. The molecular formula is C12H17NO2. The number of carbonyl (C=O) groups excluding carboxylic acids is 1. The summed E-state index contributed by atoms with van der Waals surface area (Å²) < 4.78 is 0. The minimum Gasteiger partial charge on any atom is -0.394 e. The summed E-state index contributed by atoms with van der Waals surface area (Å²) in [7, 11) is 0. The Balaban J connectivity index is 2.78. The second-order valence-corrected chi connectivity index (χ2v) is 3.62. The van der Waals surface area contributed by atoms with Crippen molar-refractivity contribution in [2.75, 3.05) is 13.2 Å². The van der Waals surface area contributed by atoms with Crippen LogP contribution in [0, 0.1) is 0 Å². The largest absolute Gasteiger partial charge is 0.394 e. The van der Waals surface area contributed by atoms with E-state index in [1.165, 1.54) is 0 Å². The molecule has 0 fully saturated rings.